The summed E-state index contributed by atoms with van der Waals surface area (Å²) in [6, 6.07) is 22.4. The summed E-state index contributed by atoms with van der Waals surface area (Å²) in [5.41, 5.74) is 4.78. The van der Waals surface area contributed by atoms with Crippen LogP contribution in [-0.4, -0.2) is 23.9 Å². The Morgan fingerprint density at radius 2 is 1.17 bits per heavy atom. The second kappa shape index (κ2) is 7.61. The van der Waals surface area contributed by atoms with Gasteiger partial charge in [-0.1, -0.05) is 80.4 Å². The summed E-state index contributed by atoms with van der Waals surface area (Å²) in [6.45, 7) is 3.57. The highest BCUT2D eigenvalue weighted by Crippen LogP contribution is 2.70. The minimum Gasteiger partial charge on any atom is -0.459 e. The number of ether oxygens (including phenoxy) is 1. The van der Waals surface area contributed by atoms with Gasteiger partial charge in [-0.2, -0.15) is 0 Å². The molecular formula is C28H21Br2NO4. The molecule has 7 heteroatoms. The quantitative estimate of drug-likeness (QED) is 0.223. The number of alkyl halides is 2. The van der Waals surface area contributed by atoms with Crippen molar-refractivity contribution in [2.45, 2.75) is 28.6 Å². The van der Waals surface area contributed by atoms with Gasteiger partial charge in [-0.3, -0.25) is 9.59 Å². The van der Waals surface area contributed by atoms with E-state index in [1.165, 1.54) is 4.90 Å². The zero-order valence-corrected chi connectivity index (χ0v) is 22.2. The van der Waals surface area contributed by atoms with Gasteiger partial charge in [-0.25, -0.2) is 9.69 Å². The molecule has 35 heavy (non-hydrogen) atoms. The van der Waals surface area contributed by atoms with Crippen molar-refractivity contribution in [2.75, 3.05) is 4.90 Å². The van der Waals surface area contributed by atoms with Crippen LogP contribution in [0.2, 0.25) is 0 Å². The molecule has 176 valence electrons. The molecule has 1 fully saturated rings. The van der Waals surface area contributed by atoms with Gasteiger partial charge in [0.05, 0.1) is 37.8 Å². The van der Waals surface area contributed by atoms with Gasteiger partial charge in [0.25, 0.3) is 0 Å². The average Bonchev–Trinajstić information content (AvgIpc) is 3.13. The molecule has 0 N–H and O–H groups in total. The lowest BCUT2D eigenvalue weighted by Crippen LogP contribution is -2.56. The first-order valence-corrected chi connectivity index (χ1v) is 13.1. The van der Waals surface area contributed by atoms with Crippen LogP contribution in [-0.2, 0) is 23.0 Å². The number of imide groups is 1. The van der Waals surface area contributed by atoms with Crippen molar-refractivity contribution < 1.29 is 19.1 Å². The van der Waals surface area contributed by atoms with Gasteiger partial charge in [0.1, 0.15) is 0 Å². The number of hydrogen-bond donors (Lipinski definition) is 0. The van der Waals surface area contributed by atoms with Crippen molar-refractivity contribution in [1.82, 2.24) is 0 Å². The van der Waals surface area contributed by atoms with E-state index in [9.17, 15) is 14.4 Å². The molecule has 2 amide bonds. The van der Waals surface area contributed by atoms with Gasteiger partial charge in [0, 0.05) is 0 Å². The molecule has 0 radical (unpaired) electrons. The third kappa shape index (κ3) is 2.82. The fourth-order valence-corrected chi connectivity index (χ4v) is 8.25. The van der Waals surface area contributed by atoms with Crippen LogP contribution in [0.1, 0.15) is 46.5 Å². The molecule has 0 spiro atoms. The van der Waals surface area contributed by atoms with E-state index in [0.717, 1.165) is 22.3 Å². The van der Waals surface area contributed by atoms with Gasteiger partial charge < -0.3 is 4.74 Å². The fraction of sp³-hybridized carbons (Fsp3) is 0.250. The zero-order chi connectivity index (χ0) is 24.7. The molecule has 5 nitrogen and oxygen atoms in total. The van der Waals surface area contributed by atoms with Crippen molar-refractivity contribution >= 4 is 55.3 Å². The van der Waals surface area contributed by atoms with Crippen LogP contribution in [0, 0.1) is 11.8 Å². The van der Waals surface area contributed by atoms with Crippen LogP contribution < -0.4 is 4.90 Å². The number of benzene rings is 3. The molecule has 1 saturated heterocycles. The molecule has 4 aliphatic rings. The maximum absolute atomic E-state index is 14.0. The van der Waals surface area contributed by atoms with Crippen LogP contribution in [0.25, 0.3) is 0 Å². The first-order valence-electron chi connectivity index (χ1n) is 11.5. The van der Waals surface area contributed by atoms with Crippen molar-refractivity contribution in [3.63, 3.8) is 0 Å². The highest BCUT2D eigenvalue weighted by Gasteiger charge is 2.72. The number of rotatable bonds is 3. The van der Waals surface area contributed by atoms with Crippen LogP contribution in [0.4, 0.5) is 5.69 Å². The molecule has 3 aromatic rings. The van der Waals surface area contributed by atoms with Crippen LogP contribution in [0.3, 0.4) is 0 Å². The van der Waals surface area contributed by atoms with Crippen LogP contribution >= 0.6 is 31.9 Å². The van der Waals surface area contributed by atoms with Gasteiger partial charge in [0.2, 0.25) is 11.8 Å². The monoisotopic (exact) mass is 593 g/mol. The maximum Gasteiger partial charge on any atom is 0.338 e. The van der Waals surface area contributed by atoms with Crippen molar-refractivity contribution in [2.24, 2.45) is 11.8 Å². The molecule has 2 unspecified atom stereocenters. The van der Waals surface area contributed by atoms with Gasteiger partial charge in [-0.05, 0) is 60.4 Å². The smallest absolute Gasteiger partial charge is 0.338 e. The SMILES string of the molecule is CC(C)OC(=O)c1ccc(N2C(=O)C3C(C2=O)C2(Br)c4ccccc4C3(Br)c3ccccc32)cc1. The van der Waals surface area contributed by atoms with E-state index in [1.54, 1.807) is 38.1 Å². The number of nitrogens with zero attached hydrogens (tertiary/aromatic N) is 1. The van der Waals surface area contributed by atoms with Crippen molar-refractivity contribution in [3.8, 4) is 0 Å². The summed E-state index contributed by atoms with van der Waals surface area (Å²) < 4.78 is 3.60. The first kappa shape index (κ1) is 22.7. The third-order valence-electron chi connectivity index (χ3n) is 7.29. The Hall–Kier alpha value is -2.77. The maximum atomic E-state index is 14.0. The summed E-state index contributed by atoms with van der Waals surface area (Å²) in [7, 11) is 0. The summed E-state index contributed by atoms with van der Waals surface area (Å²) in [5.74, 6) is -2.24. The minimum absolute atomic E-state index is 0.240. The molecule has 3 aliphatic carbocycles. The highest BCUT2D eigenvalue weighted by atomic mass is 79.9. The minimum atomic E-state index is -0.830. The lowest BCUT2D eigenvalue weighted by Gasteiger charge is -2.55. The molecule has 3 aromatic carbocycles. The summed E-state index contributed by atoms with van der Waals surface area (Å²) in [5, 5.41) is 0. The van der Waals surface area contributed by atoms with E-state index in [2.05, 4.69) is 31.9 Å². The van der Waals surface area contributed by atoms with E-state index < -0.39 is 26.5 Å². The first-order chi connectivity index (χ1) is 16.7. The lowest BCUT2D eigenvalue weighted by atomic mass is 9.54. The number of esters is 1. The van der Waals surface area contributed by atoms with Gasteiger partial charge >= 0.3 is 5.97 Å². The number of carbonyl (C=O) groups is 3. The number of halogens is 2. The Kier molecular flexibility index (Phi) is 4.93. The molecule has 0 saturated carbocycles. The molecule has 1 aliphatic heterocycles. The second-order valence-corrected chi connectivity index (χ2v) is 12.0. The van der Waals surface area contributed by atoms with Crippen LogP contribution in [0.15, 0.2) is 72.8 Å². The third-order valence-corrected chi connectivity index (χ3v) is 9.98. The summed E-state index contributed by atoms with van der Waals surface area (Å²) in [6.07, 6.45) is -0.240. The van der Waals surface area contributed by atoms with E-state index in [1.807, 2.05) is 48.5 Å². The Bertz CT molecular complexity index is 1290. The van der Waals surface area contributed by atoms with E-state index in [0.29, 0.717) is 11.3 Å². The largest absolute Gasteiger partial charge is 0.459 e. The summed E-state index contributed by atoms with van der Waals surface area (Å²) in [4.78, 5) is 41.6. The normalized spacial score (nSPS) is 28.1. The van der Waals surface area contributed by atoms with E-state index in [-0.39, 0.29) is 17.9 Å². The standard InChI is InChI=1S/C28H21Br2NO4/c1-15(2)35-26(34)16-11-13-17(14-12-16)31-24(32)22-23(25(31)33)28(30)19-8-4-3-7-18(19)27(22,29)20-9-5-6-10-21(20)28/h3-15,22-23H,1-2H3. The Labute approximate surface area is 219 Å². The Balaban J connectivity index is 1.49. The molecule has 7 rings (SSSR count). The highest BCUT2D eigenvalue weighted by molar-refractivity contribution is 9.10. The van der Waals surface area contributed by atoms with Gasteiger partial charge in [-0.15, -0.1) is 0 Å². The number of amides is 2. The van der Waals surface area contributed by atoms with Crippen molar-refractivity contribution in [1.29, 1.82) is 0 Å². The van der Waals surface area contributed by atoms with E-state index >= 15 is 0 Å². The Morgan fingerprint density at radius 1 is 0.771 bits per heavy atom. The second-order valence-electron chi connectivity index (χ2n) is 9.48. The molecular weight excluding hydrogens is 574 g/mol. The number of hydrogen-bond acceptors (Lipinski definition) is 4. The predicted octanol–water partition coefficient (Wildman–Crippen LogP) is 5.66. The molecule has 2 bridgehead atoms. The van der Waals surface area contributed by atoms with Crippen molar-refractivity contribution in [3.05, 3.63) is 101 Å². The number of carbonyl (C=O) groups excluding carboxylic acids is 3. The molecule has 0 aromatic heterocycles. The van der Waals surface area contributed by atoms with E-state index in [4.69, 9.17) is 4.74 Å². The predicted molar refractivity (Wildman–Crippen MR) is 139 cm³/mol. The molecule has 2 atom stereocenters. The van der Waals surface area contributed by atoms with Crippen LogP contribution in [0.5, 0.6) is 0 Å². The molecule has 1 heterocycles. The zero-order valence-electron chi connectivity index (χ0n) is 19.0. The van der Waals surface area contributed by atoms with Gasteiger partial charge in [0.15, 0.2) is 0 Å². The fourth-order valence-electron chi connectivity index (χ4n) is 5.95. The average molecular weight is 595 g/mol. The lowest BCUT2D eigenvalue weighted by molar-refractivity contribution is -0.122. The number of anilines is 1. The Morgan fingerprint density at radius 3 is 1.54 bits per heavy atom. The topological polar surface area (TPSA) is 63.7 Å². The summed E-state index contributed by atoms with van der Waals surface area (Å²) >= 11 is 8.00.